The molecular weight excluding hydrogens is 222 g/mol. The van der Waals surface area contributed by atoms with Gasteiger partial charge in [-0.15, -0.1) is 0 Å². The van der Waals surface area contributed by atoms with Gasteiger partial charge in [0.2, 0.25) is 0 Å². The van der Waals surface area contributed by atoms with Gasteiger partial charge in [-0.25, -0.2) is 0 Å². The van der Waals surface area contributed by atoms with Gasteiger partial charge in [0.25, 0.3) is 5.24 Å². The zero-order valence-electron chi connectivity index (χ0n) is 8.48. The molecule has 2 aromatic carbocycles. The molecule has 2 rings (SSSR count). The average Bonchev–Trinajstić information content (AvgIpc) is 2.29. The number of nitrogen functional groups attached to an aromatic ring is 1. The largest absolute Gasteiger partial charge is 0.398 e. The van der Waals surface area contributed by atoms with Gasteiger partial charge in [-0.05, 0) is 29.3 Å². The molecule has 0 aliphatic carbocycles. The monoisotopic (exact) mass is 231 g/mol. The molecule has 0 radical (unpaired) electrons. The first-order valence-electron chi connectivity index (χ1n) is 4.84. The number of hydrogen-bond donors (Lipinski definition) is 1. The van der Waals surface area contributed by atoms with Crippen molar-refractivity contribution in [2.24, 2.45) is 0 Å². The van der Waals surface area contributed by atoms with Crippen LogP contribution in [0.4, 0.5) is 5.69 Å². The van der Waals surface area contributed by atoms with Gasteiger partial charge < -0.3 is 5.73 Å². The zero-order valence-corrected chi connectivity index (χ0v) is 9.24. The standard InChI is InChI=1S/C13H10ClNO/c14-13(16)11-7-2-1-5-9(11)10-6-3-4-8-12(10)15/h1-8H,15H2. The average molecular weight is 232 g/mol. The summed E-state index contributed by atoms with van der Waals surface area (Å²) in [5.74, 6) is 0. The Labute approximate surface area is 98.7 Å². The fraction of sp³-hybridized carbons (Fsp3) is 0. The van der Waals surface area contributed by atoms with Gasteiger partial charge in [0.1, 0.15) is 0 Å². The molecule has 0 aliphatic rings. The van der Waals surface area contributed by atoms with Crippen molar-refractivity contribution in [3.8, 4) is 11.1 Å². The van der Waals surface area contributed by atoms with E-state index in [1.807, 2.05) is 30.3 Å². The van der Waals surface area contributed by atoms with E-state index < -0.39 is 5.24 Å². The van der Waals surface area contributed by atoms with Crippen LogP contribution in [0.15, 0.2) is 48.5 Å². The number of anilines is 1. The third-order valence-corrected chi connectivity index (χ3v) is 2.59. The van der Waals surface area contributed by atoms with Crippen LogP contribution >= 0.6 is 11.6 Å². The molecule has 3 heteroatoms. The Kier molecular flexibility index (Phi) is 2.93. The minimum absolute atomic E-state index is 0.473. The van der Waals surface area contributed by atoms with Crippen molar-refractivity contribution in [1.82, 2.24) is 0 Å². The van der Waals surface area contributed by atoms with Crippen molar-refractivity contribution in [1.29, 1.82) is 0 Å². The highest BCUT2D eigenvalue weighted by atomic mass is 35.5. The van der Waals surface area contributed by atoms with Gasteiger partial charge in [-0.3, -0.25) is 4.79 Å². The van der Waals surface area contributed by atoms with Gasteiger partial charge in [0, 0.05) is 16.8 Å². The molecule has 0 amide bonds. The highest BCUT2D eigenvalue weighted by Gasteiger charge is 2.11. The smallest absolute Gasteiger partial charge is 0.253 e. The van der Waals surface area contributed by atoms with E-state index in [0.717, 1.165) is 11.1 Å². The molecule has 0 saturated carbocycles. The van der Waals surface area contributed by atoms with Crippen molar-refractivity contribution >= 4 is 22.5 Å². The summed E-state index contributed by atoms with van der Waals surface area (Å²) in [5, 5.41) is -0.473. The topological polar surface area (TPSA) is 43.1 Å². The summed E-state index contributed by atoms with van der Waals surface area (Å²) in [5.41, 5.74) is 8.56. The van der Waals surface area contributed by atoms with E-state index in [-0.39, 0.29) is 0 Å². The lowest BCUT2D eigenvalue weighted by Crippen LogP contribution is -1.96. The van der Waals surface area contributed by atoms with Gasteiger partial charge in [-0.2, -0.15) is 0 Å². The molecule has 0 atom stereocenters. The molecule has 16 heavy (non-hydrogen) atoms. The number of carbonyl (C=O) groups is 1. The third-order valence-electron chi connectivity index (χ3n) is 2.39. The van der Waals surface area contributed by atoms with Crippen LogP contribution in [0, 0.1) is 0 Å². The number of carbonyl (C=O) groups excluding carboxylic acids is 1. The van der Waals surface area contributed by atoms with Gasteiger partial charge >= 0.3 is 0 Å². The van der Waals surface area contributed by atoms with Crippen molar-refractivity contribution in [3.63, 3.8) is 0 Å². The Balaban J connectivity index is 2.65. The van der Waals surface area contributed by atoms with Crippen molar-refractivity contribution in [2.45, 2.75) is 0 Å². The summed E-state index contributed by atoms with van der Waals surface area (Å²) in [6.45, 7) is 0. The first kappa shape index (κ1) is 10.7. The molecule has 0 spiro atoms. The number of rotatable bonds is 2. The van der Waals surface area contributed by atoms with E-state index in [1.165, 1.54) is 0 Å². The molecule has 0 saturated heterocycles. The zero-order chi connectivity index (χ0) is 11.5. The predicted octanol–water partition coefficient (Wildman–Crippen LogP) is 3.31. The van der Waals surface area contributed by atoms with E-state index >= 15 is 0 Å². The van der Waals surface area contributed by atoms with Crippen LogP contribution in [0.5, 0.6) is 0 Å². The molecule has 80 valence electrons. The van der Waals surface area contributed by atoms with E-state index in [1.54, 1.807) is 18.2 Å². The lowest BCUT2D eigenvalue weighted by molar-refractivity contribution is 0.108. The maximum absolute atomic E-state index is 11.3. The Morgan fingerprint density at radius 2 is 1.50 bits per heavy atom. The number of halogens is 1. The normalized spacial score (nSPS) is 10.1. The molecule has 2 N–H and O–H groups in total. The van der Waals surface area contributed by atoms with Crippen LogP contribution in [0.25, 0.3) is 11.1 Å². The van der Waals surface area contributed by atoms with Gasteiger partial charge in [0.05, 0.1) is 0 Å². The SMILES string of the molecule is Nc1ccccc1-c1ccccc1C(=O)Cl. The lowest BCUT2D eigenvalue weighted by Gasteiger charge is -2.08. The first-order valence-corrected chi connectivity index (χ1v) is 5.21. The minimum atomic E-state index is -0.473. The molecule has 0 aliphatic heterocycles. The molecule has 2 aromatic rings. The van der Waals surface area contributed by atoms with Crippen molar-refractivity contribution in [3.05, 3.63) is 54.1 Å². The van der Waals surface area contributed by atoms with Gasteiger partial charge in [-0.1, -0.05) is 36.4 Å². The highest BCUT2D eigenvalue weighted by Crippen LogP contribution is 2.29. The maximum atomic E-state index is 11.3. The molecule has 0 unspecified atom stereocenters. The first-order chi connectivity index (χ1) is 7.70. The number of benzene rings is 2. The minimum Gasteiger partial charge on any atom is -0.398 e. The maximum Gasteiger partial charge on any atom is 0.253 e. The van der Waals surface area contributed by atoms with Crippen molar-refractivity contribution < 1.29 is 4.79 Å². The van der Waals surface area contributed by atoms with E-state index in [0.29, 0.717) is 11.3 Å². The second-order valence-corrected chi connectivity index (χ2v) is 3.75. The van der Waals surface area contributed by atoms with E-state index in [4.69, 9.17) is 17.3 Å². The quantitative estimate of drug-likeness (QED) is 0.637. The lowest BCUT2D eigenvalue weighted by atomic mass is 9.99. The van der Waals surface area contributed by atoms with Crippen LogP contribution in [0.2, 0.25) is 0 Å². The van der Waals surface area contributed by atoms with Crippen LogP contribution in [-0.4, -0.2) is 5.24 Å². The van der Waals surface area contributed by atoms with E-state index in [9.17, 15) is 4.79 Å². The van der Waals surface area contributed by atoms with Gasteiger partial charge in [0.15, 0.2) is 0 Å². The molecule has 0 fully saturated rings. The molecular formula is C13H10ClNO. The number of para-hydroxylation sites is 1. The Morgan fingerprint density at radius 3 is 2.12 bits per heavy atom. The van der Waals surface area contributed by atoms with Crippen LogP contribution < -0.4 is 5.73 Å². The van der Waals surface area contributed by atoms with Crippen molar-refractivity contribution in [2.75, 3.05) is 5.73 Å². The Morgan fingerprint density at radius 1 is 0.938 bits per heavy atom. The summed E-state index contributed by atoms with van der Waals surface area (Å²) < 4.78 is 0. The Bertz CT molecular complexity index is 537. The summed E-state index contributed by atoms with van der Waals surface area (Å²) in [4.78, 5) is 11.3. The number of nitrogens with two attached hydrogens (primary N) is 1. The second kappa shape index (κ2) is 4.37. The molecule has 0 bridgehead atoms. The second-order valence-electron chi connectivity index (χ2n) is 3.41. The summed E-state index contributed by atoms with van der Waals surface area (Å²) in [7, 11) is 0. The number of hydrogen-bond acceptors (Lipinski definition) is 2. The fourth-order valence-corrected chi connectivity index (χ4v) is 1.80. The Hall–Kier alpha value is -1.80. The summed E-state index contributed by atoms with van der Waals surface area (Å²) >= 11 is 5.53. The molecule has 0 heterocycles. The van der Waals surface area contributed by atoms with Crippen LogP contribution in [-0.2, 0) is 0 Å². The predicted molar refractivity (Wildman–Crippen MR) is 66.5 cm³/mol. The summed E-state index contributed by atoms with van der Waals surface area (Å²) in [6.07, 6.45) is 0. The molecule has 0 aromatic heterocycles. The van der Waals surface area contributed by atoms with Crippen LogP contribution in [0.3, 0.4) is 0 Å². The van der Waals surface area contributed by atoms with Crippen LogP contribution in [0.1, 0.15) is 10.4 Å². The third kappa shape index (κ3) is 1.92. The fourth-order valence-electron chi connectivity index (χ4n) is 1.63. The summed E-state index contributed by atoms with van der Waals surface area (Å²) in [6, 6.07) is 14.5. The van der Waals surface area contributed by atoms with E-state index in [2.05, 4.69) is 0 Å². The highest BCUT2D eigenvalue weighted by molar-refractivity contribution is 6.68. The molecule has 2 nitrogen and oxygen atoms in total.